The molecule has 2 amide bonds. The zero-order valence-electron chi connectivity index (χ0n) is 16.8. The van der Waals surface area contributed by atoms with Gasteiger partial charge in [0.15, 0.2) is 0 Å². The average molecular weight is 457 g/mol. The smallest absolute Gasteiger partial charge is 0.289 e. The molecule has 1 saturated heterocycles. The first-order valence-corrected chi connectivity index (χ1v) is 11.0. The highest BCUT2D eigenvalue weighted by molar-refractivity contribution is 8.06. The van der Waals surface area contributed by atoms with Crippen molar-refractivity contribution in [2.24, 2.45) is 0 Å². The summed E-state index contributed by atoms with van der Waals surface area (Å²) < 4.78 is 5.77. The highest BCUT2D eigenvalue weighted by Crippen LogP contribution is 2.35. The van der Waals surface area contributed by atoms with Gasteiger partial charge in [-0.05, 0) is 55.3 Å². The Morgan fingerprint density at radius 2 is 1.97 bits per heavy atom. The summed E-state index contributed by atoms with van der Waals surface area (Å²) in [5.74, 6) is -0.508. The van der Waals surface area contributed by atoms with Gasteiger partial charge in [-0.3, -0.25) is 19.9 Å². The molecule has 2 aromatic carbocycles. The largest absolute Gasteiger partial charge is 0.463 e. The van der Waals surface area contributed by atoms with Crippen molar-refractivity contribution in [2.75, 3.05) is 28.7 Å². The quantitative estimate of drug-likeness (QED) is 0.613. The molecule has 4 rings (SSSR count). The fourth-order valence-corrected chi connectivity index (χ4v) is 4.58. The highest BCUT2D eigenvalue weighted by Gasteiger charge is 2.25. The molecule has 2 aromatic rings. The lowest BCUT2D eigenvalue weighted by atomic mass is 10.1. The number of aryl methyl sites for hydroxylation is 1. The molecule has 0 saturated carbocycles. The van der Waals surface area contributed by atoms with Gasteiger partial charge in [0.05, 0.1) is 27.4 Å². The standard InChI is InChI=1S/C22H21ClN4O3S/c1-13-2-7-16(17(12-13)26-21(29)18-8-9-19(23)31-18)20(28)25-14-3-5-15(6-4-14)27-10-11-30-22(27)24/h2-7,9,12,18,24H,8,10-11H2,1H3,(H,25,28)(H,26,29). The first-order valence-electron chi connectivity index (χ1n) is 9.75. The van der Waals surface area contributed by atoms with Gasteiger partial charge in [-0.2, -0.15) is 0 Å². The number of benzene rings is 2. The number of thioether (sulfide) groups is 1. The highest BCUT2D eigenvalue weighted by atomic mass is 35.5. The van der Waals surface area contributed by atoms with Crippen LogP contribution in [0.4, 0.5) is 17.1 Å². The third-order valence-electron chi connectivity index (χ3n) is 4.95. The zero-order valence-corrected chi connectivity index (χ0v) is 18.3. The summed E-state index contributed by atoms with van der Waals surface area (Å²) in [5.41, 5.74) is 3.21. The molecule has 2 aliphatic rings. The normalized spacial score (nSPS) is 17.9. The predicted octanol–water partition coefficient (Wildman–Crippen LogP) is 4.54. The number of allylic oxidation sites excluding steroid dienone is 1. The van der Waals surface area contributed by atoms with E-state index in [1.54, 1.807) is 29.2 Å². The number of rotatable bonds is 5. The Hall–Kier alpha value is -2.97. The van der Waals surface area contributed by atoms with E-state index < -0.39 is 0 Å². The van der Waals surface area contributed by atoms with Crippen LogP contribution in [0.5, 0.6) is 0 Å². The fraction of sp³-hybridized carbons (Fsp3) is 0.227. The van der Waals surface area contributed by atoms with Crippen LogP contribution in [0.2, 0.25) is 0 Å². The van der Waals surface area contributed by atoms with Crippen molar-refractivity contribution >= 4 is 58.3 Å². The number of nitrogens with one attached hydrogen (secondary N) is 3. The van der Waals surface area contributed by atoms with Crippen molar-refractivity contribution in [2.45, 2.75) is 18.6 Å². The maximum atomic E-state index is 12.9. The Kier molecular flexibility index (Phi) is 6.20. The van der Waals surface area contributed by atoms with Crippen molar-refractivity contribution in [3.63, 3.8) is 0 Å². The van der Waals surface area contributed by atoms with E-state index in [2.05, 4.69) is 10.6 Å². The van der Waals surface area contributed by atoms with Crippen LogP contribution >= 0.6 is 23.4 Å². The Labute approximate surface area is 189 Å². The van der Waals surface area contributed by atoms with Crippen LogP contribution < -0.4 is 15.5 Å². The molecule has 0 spiro atoms. The summed E-state index contributed by atoms with van der Waals surface area (Å²) in [6, 6.07) is 12.6. The molecule has 0 aliphatic carbocycles. The molecule has 9 heteroatoms. The molecular weight excluding hydrogens is 436 g/mol. The van der Waals surface area contributed by atoms with Gasteiger partial charge in [0.1, 0.15) is 6.61 Å². The zero-order chi connectivity index (χ0) is 22.0. The molecule has 1 atom stereocenters. The second-order valence-electron chi connectivity index (χ2n) is 7.19. The number of hydrogen-bond acceptors (Lipinski definition) is 5. The topological polar surface area (TPSA) is 94.5 Å². The summed E-state index contributed by atoms with van der Waals surface area (Å²) >= 11 is 7.28. The summed E-state index contributed by atoms with van der Waals surface area (Å²) in [6.07, 6.45) is 2.38. The van der Waals surface area contributed by atoms with Gasteiger partial charge in [0.2, 0.25) is 5.91 Å². The molecule has 2 heterocycles. The molecule has 0 radical (unpaired) electrons. The molecule has 1 unspecified atom stereocenters. The van der Waals surface area contributed by atoms with Crippen LogP contribution in [0.15, 0.2) is 52.9 Å². The predicted molar refractivity (Wildman–Crippen MR) is 125 cm³/mol. The Morgan fingerprint density at radius 3 is 2.61 bits per heavy atom. The number of ether oxygens (including phenoxy) is 1. The molecule has 160 valence electrons. The molecule has 0 aromatic heterocycles. The van der Waals surface area contributed by atoms with E-state index in [-0.39, 0.29) is 23.1 Å². The molecule has 3 N–H and O–H groups in total. The minimum absolute atomic E-state index is 0.119. The first kappa shape index (κ1) is 21.3. The van der Waals surface area contributed by atoms with E-state index >= 15 is 0 Å². The van der Waals surface area contributed by atoms with Gasteiger partial charge in [-0.1, -0.05) is 23.7 Å². The van der Waals surface area contributed by atoms with E-state index in [1.165, 1.54) is 11.8 Å². The van der Waals surface area contributed by atoms with Crippen LogP contribution in [0.3, 0.4) is 0 Å². The van der Waals surface area contributed by atoms with Crippen molar-refractivity contribution < 1.29 is 14.3 Å². The SMILES string of the molecule is Cc1ccc(C(=O)Nc2ccc(N3CCOC3=N)cc2)c(NC(=O)C2CC=C(Cl)S2)c1. The summed E-state index contributed by atoms with van der Waals surface area (Å²) in [4.78, 5) is 27.3. The number of amidine groups is 1. The van der Waals surface area contributed by atoms with Gasteiger partial charge in [0.25, 0.3) is 11.9 Å². The average Bonchev–Trinajstić information content (AvgIpc) is 3.37. The molecular formula is C22H21ClN4O3S. The Bertz CT molecular complexity index is 1070. The Balaban J connectivity index is 1.47. The lowest BCUT2D eigenvalue weighted by Crippen LogP contribution is -2.25. The van der Waals surface area contributed by atoms with Crippen LogP contribution in [0.25, 0.3) is 0 Å². The molecule has 7 nitrogen and oxygen atoms in total. The number of carbonyl (C=O) groups is 2. The van der Waals surface area contributed by atoms with Crippen molar-refractivity contribution in [1.82, 2.24) is 0 Å². The maximum absolute atomic E-state index is 12.9. The molecule has 31 heavy (non-hydrogen) atoms. The van der Waals surface area contributed by atoms with Gasteiger partial charge in [-0.25, -0.2) is 0 Å². The lowest BCUT2D eigenvalue weighted by Gasteiger charge is -2.16. The third-order valence-corrected chi connectivity index (χ3v) is 6.46. The minimum atomic E-state index is -0.324. The van der Waals surface area contributed by atoms with Crippen LogP contribution in [0, 0.1) is 12.3 Å². The summed E-state index contributed by atoms with van der Waals surface area (Å²) in [6.45, 7) is 3.01. The molecule has 0 bridgehead atoms. The second-order valence-corrected chi connectivity index (χ2v) is 9.07. The van der Waals surface area contributed by atoms with E-state index in [4.69, 9.17) is 21.7 Å². The number of halogens is 1. The fourth-order valence-electron chi connectivity index (χ4n) is 3.35. The third kappa shape index (κ3) is 4.86. The summed E-state index contributed by atoms with van der Waals surface area (Å²) in [5, 5.41) is 13.2. The number of nitrogens with zero attached hydrogens (tertiary/aromatic N) is 1. The van der Waals surface area contributed by atoms with E-state index in [0.717, 1.165) is 11.3 Å². The molecule has 1 fully saturated rings. The van der Waals surface area contributed by atoms with E-state index in [1.807, 2.05) is 31.2 Å². The summed E-state index contributed by atoms with van der Waals surface area (Å²) in [7, 11) is 0. The first-order chi connectivity index (χ1) is 14.9. The van der Waals surface area contributed by atoms with Crippen LogP contribution in [-0.2, 0) is 9.53 Å². The number of amides is 2. The number of carbonyl (C=O) groups excluding carboxylic acids is 2. The minimum Gasteiger partial charge on any atom is -0.463 e. The maximum Gasteiger partial charge on any atom is 0.289 e. The van der Waals surface area contributed by atoms with E-state index in [0.29, 0.717) is 40.9 Å². The van der Waals surface area contributed by atoms with Gasteiger partial charge in [-0.15, -0.1) is 11.8 Å². The van der Waals surface area contributed by atoms with Gasteiger partial charge >= 0.3 is 0 Å². The van der Waals surface area contributed by atoms with Crippen molar-refractivity contribution in [3.8, 4) is 0 Å². The van der Waals surface area contributed by atoms with Crippen molar-refractivity contribution in [1.29, 1.82) is 5.41 Å². The Morgan fingerprint density at radius 1 is 1.19 bits per heavy atom. The number of hydrogen-bond donors (Lipinski definition) is 3. The van der Waals surface area contributed by atoms with Gasteiger partial charge in [0, 0.05) is 11.4 Å². The monoisotopic (exact) mass is 456 g/mol. The van der Waals surface area contributed by atoms with Gasteiger partial charge < -0.3 is 15.4 Å². The van der Waals surface area contributed by atoms with Crippen LogP contribution in [-0.4, -0.2) is 36.2 Å². The molecule has 2 aliphatic heterocycles. The number of anilines is 3. The second kappa shape index (κ2) is 9.03. The van der Waals surface area contributed by atoms with Crippen LogP contribution in [0.1, 0.15) is 22.3 Å². The van der Waals surface area contributed by atoms with Crippen molar-refractivity contribution in [3.05, 3.63) is 64.0 Å². The lowest BCUT2D eigenvalue weighted by molar-refractivity contribution is -0.115. The van der Waals surface area contributed by atoms with E-state index in [9.17, 15) is 9.59 Å².